The summed E-state index contributed by atoms with van der Waals surface area (Å²) < 4.78 is 30.7. The van der Waals surface area contributed by atoms with Crippen LogP contribution >= 0.6 is 0 Å². The van der Waals surface area contributed by atoms with Crippen LogP contribution in [0.5, 0.6) is 0 Å². The number of hydrogen-bond acceptors (Lipinski definition) is 6. The molecule has 2 aromatic rings. The molecule has 0 unspecified atom stereocenters. The van der Waals surface area contributed by atoms with Gasteiger partial charge in [-0.15, -0.1) is 12.6 Å². The van der Waals surface area contributed by atoms with Crippen molar-refractivity contribution in [2.75, 3.05) is 11.4 Å². The van der Waals surface area contributed by atoms with E-state index in [1.807, 2.05) is 13.0 Å². The van der Waals surface area contributed by atoms with Crippen molar-refractivity contribution in [3.8, 4) is 0 Å². The van der Waals surface area contributed by atoms with Gasteiger partial charge in [-0.3, -0.25) is 0 Å². The van der Waals surface area contributed by atoms with E-state index in [0.29, 0.717) is 5.58 Å². The topological polar surface area (TPSA) is 84.7 Å². The van der Waals surface area contributed by atoms with Gasteiger partial charge in [0.2, 0.25) is 0 Å². The molecule has 7 heteroatoms. The van der Waals surface area contributed by atoms with Crippen molar-refractivity contribution in [3.05, 3.63) is 45.8 Å². The Kier molecular flexibility index (Phi) is 5.17. The number of fused-ring (bicyclic) bond motifs is 2. The highest BCUT2D eigenvalue weighted by Gasteiger charge is 2.30. The van der Waals surface area contributed by atoms with Crippen molar-refractivity contribution in [3.63, 3.8) is 0 Å². The van der Waals surface area contributed by atoms with Crippen molar-refractivity contribution in [1.82, 2.24) is 0 Å². The summed E-state index contributed by atoms with van der Waals surface area (Å²) >= 11 is 0. The summed E-state index contributed by atoms with van der Waals surface area (Å²) in [5.74, 6) is 0. The smallest absolute Gasteiger partial charge is 0.423 e. The number of aryl methyl sites for hydroxylation is 1. The van der Waals surface area contributed by atoms with E-state index < -0.39 is 10.6 Å². The molecule has 6 nitrogen and oxygen atoms in total. The molecular weight excluding hydrogens is 342 g/mol. The number of anilines is 1. The van der Waals surface area contributed by atoms with Crippen LogP contribution in [-0.2, 0) is 10.6 Å². The molecule has 0 saturated carbocycles. The van der Waals surface area contributed by atoms with Crippen molar-refractivity contribution < 1.29 is 17.0 Å². The van der Waals surface area contributed by atoms with Crippen LogP contribution in [0.25, 0.3) is 16.5 Å². The summed E-state index contributed by atoms with van der Waals surface area (Å²) in [7, 11) is -3.11. The maximum atomic E-state index is 11.6. The van der Waals surface area contributed by atoms with Gasteiger partial charge in [-0.2, -0.15) is 0 Å². The molecule has 25 heavy (non-hydrogen) atoms. The zero-order chi connectivity index (χ0) is 18.9. The highest BCUT2D eigenvalue weighted by Crippen LogP contribution is 2.40. The summed E-state index contributed by atoms with van der Waals surface area (Å²) in [6.07, 6.45) is 2.30. The van der Waals surface area contributed by atoms with Crippen LogP contribution in [0.4, 0.5) is 5.69 Å². The Labute approximate surface area is 147 Å². The van der Waals surface area contributed by atoms with E-state index in [9.17, 15) is 4.79 Å². The second-order valence-electron chi connectivity index (χ2n) is 6.54. The number of benzene rings is 1. The van der Waals surface area contributed by atoms with Gasteiger partial charge in [0.15, 0.2) is 0 Å². The minimum absolute atomic E-state index is 0.0381. The molecule has 0 radical (unpaired) electrons. The number of allylic oxidation sites excluding steroid dienone is 1. The Hall–Kier alpha value is -2.41. The summed E-state index contributed by atoms with van der Waals surface area (Å²) in [5, 5.41) is 1.01. The predicted molar refractivity (Wildman–Crippen MR) is 97.7 cm³/mol. The van der Waals surface area contributed by atoms with E-state index in [1.54, 1.807) is 6.07 Å². The molecule has 0 aliphatic carbocycles. The zero-order valence-electron chi connectivity index (χ0n) is 14.9. The van der Waals surface area contributed by atoms with Crippen LogP contribution in [0.1, 0.15) is 38.8 Å². The molecule has 2 heterocycles. The first-order valence-corrected chi connectivity index (χ1v) is 8.89. The molecule has 134 valence electrons. The van der Waals surface area contributed by atoms with E-state index >= 15 is 0 Å². The van der Waals surface area contributed by atoms with Crippen molar-refractivity contribution >= 4 is 32.8 Å². The van der Waals surface area contributed by atoms with Crippen molar-refractivity contribution in [1.29, 1.82) is 0 Å². The molecule has 0 spiro atoms. The third-order valence-corrected chi connectivity index (χ3v) is 4.36. The van der Waals surface area contributed by atoms with Crippen molar-refractivity contribution in [2.24, 2.45) is 0 Å². The average molecular weight is 363 g/mol. The molecule has 1 aromatic heterocycles. The SMILES string of the molecule is CCN1c2cc3oc(=O)cc(C)c3cc2C(C)=CC1(C)C.O=S(=O)=O. The van der Waals surface area contributed by atoms with E-state index in [2.05, 4.69) is 44.7 Å². The number of hydrogen-bond donors (Lipinski definition) is 0. The van der Waals surface area contributed by atoms with Gasteiger partial charge in [-0.1, -0.05) is 6.08 Å². The molecule has 1 aliphatic heterocycles. The van der Waals surface area contributed by atoms with Gasteiger partial charge in [0, 0.05) is 35.3 Å². The molecule has 1 aliphatic rings. The number of likely N-dealkylation sites (N-methyl/N-ethyl adjacent to an activating group) is 1. The van der Waals surface area contributed by atoms with Gasteiger partial charge in [-0.25, -0.2) is 4.79 Å². The lowest BCUT2D eigenvalue weighted by Gasteiger charge is -2.42. The molecule has 3 rings (SSSR count). The van der Waals surface area contributed by atoms with Gasteiger partial charge in [0.25, 0.3) is 0 Å². The van der Waals surface area contributed by atoms with Gasteiger partial charge >= 0.3 is 16.2 Å². The third kappa shape index (κ3) is 3.82. The Morgan fingerprint density at radius 1 is 1.12 bits per heavy atom. The van der Waals surface area contributed by atoms with E-state index in [-0.39, 0.29) is 11.2 Å². The summed E-state index contributed by atoms with van der Waals surface area (Å²) in [6.45, 7) is 11.6. The maximum absolute atomic E-state index is 11.6. The lowest BCUT2D eigenvalue weighted by Crippen LogP contribution is -2.44. The van der Waals surface area contributed by atoms with Crippen LogP contribution < -0.4 is 10.5 Å². The normalized spacial score (nSPS) is 15.1. The Morgan fingerprint density at radius 2 is 1.72 bits per heavy atom. The van der Waals surface area contributed by atoms with Gasteiger partial charge in [0.1, 0.15) is 5.58 Å². The highest BCUT2D eigenvalue weighted by molar-refractivity contribution is 7.59. The van der Waals surface area contributed by atoms with Crippen molar-refractivity contribution in [2.45, 2.75) is 40.2 Å². The van der Waals surface area contributed by atoms with Crippen LogP contribution in [0.15, 0.2) is 33.5 Å². The molecule has 0 N–H and O–H groups in total. The van der Waals surface area contributed by atoms with E-state index in [1.165, 1.54) is 11.1 Å². The summed E-state index contributed by atoms with van der Waals surface area (Å²) in [5.41, 5.74) is 4.94. The molecule has 0 bridgehead atoms. The van der Waals surface area contributed by atoms with Gasteiger partial charge in [-0.05, 0) is 51.8 Å². The maximum Gasteiger partial charge on any atom is 0.425 e. The second-order valence-corrected chi connectivity index (χ2v) is 6.95. The van der Waals surface area contributed by atoms with Crippen LogP contribution in [0.3, 0.4) is 0 Å². The predicted octanol–water partition coefficient (Wildman–Crippen LogP) is 3.12. The average Bonchev–Trinajstić information content (AvgIpc) is 2.44. The molecule has 0 saturated heterocycles. The van der Waals surface area contributed by atoms with Crippen LogP contribution in [-0.4, -0.2) is 24.7 Å². The third-order valence-electron chi connectivity index (χ3n) is 4.36. The first kappa shape index (κ1) is 18.9. The Balaban J connectivity index is 0.000000511. The molecule has 1 aromatic carbocycles. The molecule has 0 fully saturated rings. The molecular formula is C18H21NO5S. The lowest BCUT2D eigenvalue weighted by molar-refractivity contribution is 0.553. The fourth-order valence-electron chi connectivity index (χ4n) is 3.47. The highest BCUT2D eigenvalue weighted by atomic mass is 32.2. The van der Waals surface area contributed by atoms with E-state index in [4.69, 9.17) is 17.0 Å². The largest absolute Gasteiger partial charge is 0.425 e. The van der Waals surface area contributed by atoms with E-state index in [0.717, 1.165) is 23.2 Å². The fourth-order valence-corrected chi connectivity index (χ4v) is 3.47. The van der Waals surface area contributed by atoms with Crippen LogP contribution in [0, 0.1) is 6.92 Å². The Bertz CT molecular complexity index is 1010. The second kappa shape index (κ2) is 6.84. The summed E-state index contributed by atoms with van der Waals surface area (Å²) in [6, 6.07) is 5.71. The standard InChI is InChI=1S/C18H21NO2.O3S/c1-6-19-15-9-16-14(11(2)7-17(20)21-16)8-13(15)12(3)10-18(19,4)5;1-4(2)3/h7-10H,6H2,1-5H3;. The molecule has 0 amide bonds. The quantitative estimate of drug-likeness (QED) is 0.724. The minimum Gasteiger partial charge on any atom is -0.423 e. The zero-order valence-corrected chi connectivity index (χ0v) is 15.7. The summed E-state index contributed by atoms with van der Waals surface area (Å²) in [4.78, 5) is 14.0. The van der Waals surface area contributed by atoms with Gasteiger partial charge < -0.3 is 9.32 Å². The van der Waals surface area contributed by atoms with Gasteiger partial charge in [0.05, 0.1) is 5.54 Å². The lowest BCUT2D eigenvalue weighted by atomic mass is 9.88. The number of rotatable bonds is 1. The Morgan fingerprint density at radius 3 is 2.28 bits per heavy atom. The first-order chi connectivity index (χ1) is 11.6. The fraction of sp³-hybridized carbons (Fsp3) is 0.389. The minimum atomic E-state index is -3.11. The monoisotopic (exact) mass is 363 g/mol. The van der Waals surface area contributed by atoms with Crippen LogP contribution in [0.2, 0.25) is 0 Å². The molecule has 0 atom stereocenters. The number of nitrogens with zero attached hydrogens (tertiary/aromatic N) is 1. The first-order valence-electron chi connectivity index (χ1n) is 7.89.